The summed E-state index contributed by atoms with van der Waals surface area (Å²) in [5, 5.41) is 11.5. The van der Waals surface area contributed by atoms with Crippen molar-refractivity contribution >= 4 is 5.91 Å². The molecule has 1 aliphatic heterocycles. The number of hydrogen-bond acceptors (Lipinski definition) is 3. The Hall–Kier alpha value is -2.17. The van der Waals surface area contributed by atoms with Crippen LogP contribution in [0.3, 0.4) is 0 Å². The van der Waals surface area contributed by atoms with E-state index in [1.165, 1.54) is 0 Å². The van der Waals surface area contributed by atoms with E-state index in [0.29, 0.717) is 43.3 Å². The van der Waals surface area contributed by atoms with Crippen molar-refractivity contribution in [3.05, 3.63) is 71.8 Å². The smallest absolute Gasteiger partial charge is 0.263 e. The van der Waals surface area contributed by atoms with Gasteiger partial charge in [-0.1, -0.05) is 60.7 Å². The standard InChI is InChI=1S/C21H25NO3/c1-2-25-16-17-13-14-22(15-17)20(23)21(24,18-9-5-3-6-10-18)19-11-7-4-8-12-19/h3-12,17,24H,2,13-16H2,1H3. The molecule has 4 nitrogen and oxygen atoms in total. The highest BCUT2D eigenvalue weighted by atomic mass is 16.5. The van der Waals surface area contributed by atoms with E-state index in [0.717, 1.165) is 6.42 Å². The fourth-order valence-corrected chi connectivity index (χ4v) is 3.44. The van der Waals surface area contributed by atoms with Crippen molar-refractivity contribution in [1.82, 2.24) is 4.90 Å². The minimum Gasteiger partial charge on any atom is -0.381 e. The zero-order chi connectivity index (χ0) is 17.7. The number of rotatable bonds is 6. The van der Waals surface area contributed by atoms with Gasteiger partial charge >= 0.3 is 0 Å². The summed E-state index contributed by atoms with van der Waals surface area (Å²) < 4.78 is 5.50. The van der Waals surface area contributed by atoms with Crippen LogP contribution in [-0.4, -0.2) is 42.2 Å². The predicted molar refractivity (Wildman–Crippen MR) is 97.1 cm³/mol. The van der Waals surface area contributed by atoms with Crippen molar-refractivity contribution < 1.29 is 14.6 Å². The quantitative estimate of drug-likeness (QED) is 0.880. The van der Waals surface area contributed by atoms with Gasteiger partial charge in [0, 0.05) is 25.6 Å². The maximum atomic E-state index is 13.3. The van der Waals surface area contributed by atoms with Crippen LogP contribution in [0.2, 0.25) is 0 Å². The highest BCUT2D eigenvalue weighted by Gasteiger charge is 2.44. The fourth-order valence-electron chi connectivity index (χ4n) is 3.44. The number of carbonyl (C=O) groups excluding carboxylic acids is 1. The molecule has 1 heterocycles. The number of benzene rings is 2. The SMILES string of the molecule is CCOCC1CCN(C(=O)C(O)(c2ccccc2)c2ccccc2)C1. The molecule has 0 spiro atoms. The van der Waals surface area contributed by atoms with Crippen LogP contribution in [0.4, 0.5) is 0 Å². The average molecular weight is 339 g/mol. The summed E-state index contributed by atoms with van der Waals surface area (Å²) in [5.74, 6) is 0.0728. The van der Waals surface area contributed by atoms with Crippen LogP contribution in [0.15, 0.2) is 60.7 Å². The van der Waals surface area contributed by atoms with Gasteiger partial charge in [-0.25, -0.2) is 0 Å². The summed E-state index contributed by atoms with van der Waals surface area (Å²) >= 11 is 0. The van der Waals surface area contributed by atoms with Gasteiger partial charge in [0.05, 0.1) is 6.61 Å². The van der Waals surface area contributed by atoms with E-state index in [-0.39, 0.29) is 5.91 Å². The number of ether oxygens (including phenoxy) is 1. The van der Waals surface area contributed by atoms with E-state index in [1.54, 1.807) is 29.2 Å². The third kappa shape index (κ3) is 3.60. The van der Waals surface area contributed by atoms with Gasteiger partial charge in [-0.05, 0) is 24.5 Å². The highest BCUT2D eigenvalue weighted by Crippen LogP contribution is 2.33. The number of nitrogens with zero attached hydrogens (tertiary/aromatic N) is 1. The van der Waals surface area contributed by atoms with Crippen LogP contribution in [0.5, 0.6) is 0 Å². The predicted octanol–water partition coefficient (Wildman–Crippen LogP) is 2.81. The zero-order valence-electron chi connectivity index (χ0n) is 14.6. The molecule has 2 aromatic carbocycles. The second kappa shape index (κ2) is 7.81. The van der Waals surface area contributed by atoms with Crippen LogP contribution in [0, 0.1) is 5.92 Å². The average Bonchev–Trinajstić information content (AvgIpc) is 3.15. The number of carbonyl (C=O) groups is 1. The summed E-state index contributed by atoms with van der Waals surface area (Å²) in [6, 6.07) is 18.4. The first kappa shape index (κ1) is 17.6. The largest absolute Gasteiger partial charge is 0.381 e. The molecule has 3 rings (SSSR count). The monoisotopic (exact) mass is 339 g/mol. The molecule has 0 saturated carbocycles. The summed E-state index contributed by atoms with van der Waals surface area (Å²) in [7, 11) is 0. The molecule has 1 unspecified atom stereocenters. The Morgan fingerprint density at radius 3 is 2.20 bits per heavy atom. The Balaban J connectivity index is 1.89. The molecular weight excluding hydrogens is 314 g/mol. The molecule has 132 valence electrons. The van der Waals surface area contributed by atoms with E-state index in [1.807, 2.05) is 43.3 Å². The molecule has 4 heteroatoms. The second-order valence-corrected chi connectivity index (χ2v) is 6.51. The normalized spacial score (nSPS) is 17.7. The lowest BCUT2D eigenvalue weighted by Gasteiger charge is -2.32. The van der Waals surface area contributed by atoms with Gasteiger partial charge in [-0.15, -0.1) is 0 Å². The van der Waals surface area contributed by atoms with E-state index in [9.17, 15) is 9.90 Å². The van der Waals surface area contributed by atoms with Crippen LogP contribution >= 0.6 is 0 Å². The summed E-state index contributed by atoms with van der Waals surface area (Å²) in [4.78, 5) is 15.1. The van der Waals surface area contributed by atoms with Gasteiger partial charge in [-0.2, -0.15) is 0 Å². The van der Waals surface area contributed by atoms with Gasteiger partial charge in [-0.3, -0.25) is 4.79 Å². The van der Waals surface area contributed by atoms with Gasteiger partial charge in [0.15, 0.2) is 5.60 Å². The van der Waals surface area contributed by atoms with Crippen LogP contribution < -0.4 is 0 Å². The zero-order valence-corrected chi connectivity index (χ0v) is 14.6. The van der Waals surface area contributed by atoms with Crippen molar-refractivity contribution in [3.63, 3.8) is 0 Å². The van der Waals surface area contributed by atoms with Gasteiger partial charge in [0.25, 0.3) is 5.91 Å². The molecule has 25 heavy (non-hydrogen) atoms. The molecule has 0 radical (unpaired) electrons. The number of amides is 1. The van der Waals surface area contributed by atoms with E-state index < -0.39 is 5.60 Å². The lowest BCUT2D eigenvalue weighted by molar-refractivity contribution is -0.147. The fraction of sp³-hybridized carbons (Fsp3) is 0.381. The maximum absolute atomic E-state index is 13.3. The first-order chi connectivity index (χ1) is 12.2. The van der Waals surface area contributed by atoms with Crippen LogP contribution in [0.1, 0.15) is 24.5 Å². The lowest BCUT2D eigenvalue weighted by atomic mass is 9.85. The minimum absolute atomic E-state index is 0.260. The highest BCUT2D eigenvalue weighted by molar-refractivity contribution is 5.90. The molecule has 2 aromatic rings. The van der Waals surface area contributed by atoms with Crippen LogP contribution in [0.25, 0.3) is 0 Å². The van der Waals surface area contributed by atoms with E-state index in [4.69, 9.17) is 4.74 Å². The third-order valence-corrected chi connectivity index (χ3v) is 4.82. The Morgan fingerprint density at radius 2 is 1.68 bits per heavy atom. The molecule has 1 aliphatic rings. The Morgan fingerprint density at radius 1 is 1.12 bits per heavy atom. The van der Waals surface area contributed by atoms with Gasteiger partial charge < -0.3 is 14.7 Å². The maximum Gasteiger partial charge on any atom is 0.263 e. The number of likely N-dealkylation sites (tertiary alicyclic amines) is 1. The third-order valence-electron chi connectivity index (χ3n) is 4.82. The van der Waals surface area contributed by atoms with Crippen molar-refractivity contribution in [2.75, 3.05) is 26.3 Å². The molecular formula is C21H25NO3. The van der Waals surface area contributed by atoms with E-state index in [2.05, 4.69) is 0 Å². The first-order valence-electron chi connectivity index (χ1n) is 8.86. The van der Waals surface area contributed by atoms with Crippen molar-refractivity contribution in [2.24, 2.45) is 5.92 Å². The van der Waals surface area contributed by atoms with Crippen molar-refractivity contribution in [1.29, 1.82) is 0 Å². The van der Waals surface area contributed by atoms with Gasteiger partial charge in [0.1, 0.15) is 0 Å². The molecule has 1 saturated heterocycles. The Bertz CT molecular complexity index is 647. The Kier molecular flexibility index (Phi) is 5.51. The Labute approximate surface area is 149 Å². The molecule has 1 N–H and O–H groups in total. The van der Waals surface area contributed by atoms with Gasteiger partial charge in [0.2, 0.25) is 0 Å². The summed E-state index contributed by atoms with van der Waals surface area (Å²) in [5.41, 5.74) is -0.470. The van der Waals surface area contributed by atoms with Crippen molar-refractivity contribution in [3.8, 4) is 0 Å². The molecule has 1 amide bonds. The second-order valence-electron chi connectivity index (χ2n) is 6.51. The lowest BCUT2D eigenvalue weighted by Crippen LogP contribution is -2.47. The van der Waals surface area contributed by atoms with E-state index >= 15 is 0 Å². The number of hydrogen-bond donors (Lipinski definition) is 1. The summed E-state index contributed by atoms with van der Waals surface area (Å²) in [6.45, 7) is 4.60. The van der Waals surface area contributed by atoms with Crippen molar-refractivity contribution in [2.45, 2.75) is 18.9 Å². The van der Waals surface area contributed by atoms with Crippen LogP contribution in [-0.2, 0) is 15.1 Å². The summed E-state index contributed by atoms with van der Waals surface area (Å²) in [6.07, 6.45) is 0.908. The number of aliphatic hydroxyl groups is 1. The minimum atomic E-state index is -1.66. The molecule has 1 fully saturated rings. The molecule has 0 aromatic heterocycles. The first-order valence-corrected chi connectivity index (χ1v) is 8.86. The molecule has 0 bridgehead atoms. The topological polar surface area (TPSA) is 49.8 Å². The molecule has 0 aliphatic carbocycles. The molecule has 1 atom stereocenters.